The molecule has 2 N–H and O–H groups in total. The van der Waals surface area contributed by atoms with Crippen molar-refractivity contribution in [2.75, 3.05) is 32.7 Å². The summed E-state index contributed by atoms with van der Waals surface area (Å²) in [6.45, 7) is 11.3. The van der Waals surface area contributed by atoms with Crippen molar-refractivity contribution in [2.24, 2.45) is 0 Å². The molecule has 0 aliphatic carbocycles. The van der Waals surface area contributed by atoms with Crippen molar-refractivity contribution in [2.45, 2.75) is 45.6 Å². The van der Waals surface area contributed by atoms with E-state index in [1.54, 1.807) is 4.90 Å². The van der Waals surface area contributed by atoms with Crippen molar-refractivity contribution in [1.82, 2.24) is 15.1 Å². The van der Waals surface area contributed by atoms with Crippen molar-refractivity contribution < 1.29 is 14.7 Å². The smallest absolute Gasteiger partial charge is 0.257 e. The molecule has 2 heterocycles. The van der Waals surface area contributed by atoms with Gasteiger partial charge >= 0.3 is 0 Å². The highest BCUT2D eigenvalue weighted by Gasteiger charge is 2.37. The third-order valence-electron chi connectivity index (χ3n) is 5.46. The second kappa shape index (κ2) is 7.27. The molecule has 2 fully saturated rings. The number of carbonyl (C=O) groups excluding carboxylic acids is 2. The van der Waals surface area contributed by atoms with Gasteiger partial charge in [0.15, 0.2) is 0 Å². The number of amides is 2. The number of hydrogen-bond acceptors (Lipinski definition) is 4. The van der Waals surface area contributed by atoms with Crippen LogP contribution in [0.15, 0.2) is 12.1 Å². The largest absolute Gasteiger partial charge is 0.507 e. The molecule has 3 rings (SSSR count). The summed E-state index contributed by atoms with van der Waals surface area (Å²) in [6, 6.07) is 3.51. The van der Waals surface area contributed by atoms with Crippen LogP contribution in [0, 0.1) is 0 Å². The first-order chi connectivity index (χ1) is 12.3. The molecule has 0 radical (unpaired) electrons. The van der Waals surface area contributed by atoms with Crippen LogP contribution in [-0.4, -0.2) is 65.5 Å². The van der Waals surface area contributed by atoms with Gasteiger partial charge in [-0.25, -0.2) is 0 Å². The standard InChI is InChI=1S/C20H29N3O3/c1-12(2)14-9-15(13(3)4)18(24)16(10-14)20(26)23-8-7-22-6-5-21-19(25)17(22)11-23/h9-10,12-13,17,24H,5-8,11H2,1-4H3,(H,21,25)/t17-/m1/s1. The summed E-state index contributed by atoms with van der Waals surface area (Å²) in [6.07, 6.45) is 0. The number of phenolic OH excluding ortho intramolecular Hbond substituents is 1. The Balaban J connectivity index is 1.90. The van der Waals surface area contributed by atoms with Gasteiger partial charge in [0, 0.05) is 32.7 Å². The van der Waals surface area contributed by atoms with Crippen molar-refractivity contribution >= 4 is 11.8 Å². The van der Waals surface area contributed by atoms with E-state index in [4.69, 9.17) is 0 Å². The highest BCUT2D eigenvalue weighted by atomic mass is 16.3. The number of aromatic hydroxyl groups is 1. The number of hydrogen-bond donors (Lipinski definition) is 2. The molecule has 0 spiro atoms. The van der Waals surface area contributed by atoms with Gasteiger partial charge in [0.2, 0.25) is 5.91 Å². The molecule has 1 aromatic carbocycles. The fourth-order valence-corrected chi connectivity index (χ4v) is 3.75. The van der Waals surface area contributed by atoms with Gasteiger partial charge in [-0.1, -0.05) is 33.8 Å². The van der Waals surface area contributed by atoms with Crippen LogP contribution in [0.1, 0.15) is 61.0 Å². The van der Waals surface area contributed by atoms with Crippen LogP contribution in [0.4, 0.5) is 0 Å². The summed E-state index contributed by atoms with van der Waals surface area (Å²) in [5.41, 5.74) is 2.20. The van der Waals surface area contributed by atoms with Gasteiger partial charge in [0.25, 0.3) is 5.91 Å². The number of piperazine rings is 2. The van der Waals surface area contributed by atoms with E-state index in [-0.39, 0.29) is 35.4 Å². The highest BCUT2D eigenvalue weighted by Crippen LogP contribution is 2.34. The van der Waals surface area contributed by atoms with E-state index < -0.39 is 0 Å². The molecule has 26 heavy (non-hydrogen) atoms. The lowest BCUT2D eigenvalue weighted by Crippen LogP contribution is -2.64. The Kier molecular flexibility index (Phi) is 5.23. The molecular formula is C20H29N3O3. The van der Waals surface area contributed by atoms with E-state index in [1.807, 2.05) is 26.0 Å². The Hall–Kier alpha value is -2.08. The highest BCUT2D eigenvalue weighted by molar-refractivity contribution is 5.98. The number of phenols is 1. The van der Waals surface area contributed by atoms with Crippen molar-refractivity contribution in [3.63, 3.8) is 0 Å². The molecule has 2 saturated heterocycles. The first-order valence-electron chi connectivity index (χ1n) is 9.47. The summed E-state index contributed by atoms with van der Waals surface area (Å²) in [5, 5.41) is 13.6. The van der Waals surface area contributed by atoms with E-state index in [9.17, 15) is 14.7 Å². The molecule has 2 aliphatic rings. The van der Waals surface area contributed by atoms with Gasteiger partial charge < -0.3 is 15.3 Å². The van der Waals surface area contributed by atoms with E-state index in [1.165, 1.54) is 0 Å². The second-order valence-electron chi connectivity index (χ2n) is 7.91. The van der Waals surface area contributed by atoms with Crippen molar-refractivity contribution in [3.05, 3.63) is 28.8 Å². The Morgan fingerprint density at radius 3 is 2.54 bits per heavy atom. The van der Waals surface area contributed by atoms with Gasteiger partial charge in [0.05, 0.1) is 5.56 Å². The summed E-state index contributed by atoms with van der Waals surface area (Å²) < 4.78 is 0. The minimum Gasteiger partial charge on any atom is -0.507 e. The summed E-state index contributed by atoms with van der Waals surface area (Å²) >= 11 is 0. The molecule has 2 amide bonds. The monoisotopic (exact) mass is 359 g/mol. The van der Waals surface area contributed by atoms with Gasteiger partial charge in [-0.05, 0) is 29.0 Å². The molecule has 0 saturated carbocycles. The van der Waals surface area contributed by atoms with Crippen LogP contribution in [0.2, 0.25) is 0 Å². The number of nitrogens with one attached hydrogen (secondary N) is 1. The zero-order valence-electron chi connectivity index (χ0n) is 16.1. The van der Waals surface area contributed by atoms with E-state index in [2.05, 4.69) is 24.1 Å². The van der Waals surface area contributed by atoms with Gasteiger partial charge in [-0.15, -0.1) is 0 Å². The SMILES string of the molecule is CC(C)c1cc(C(=O)N2CCN3CCNC(=O)[C@H]3C2)c(O)c(C(C)C)c1. The maximum absolute atomic E-state index is 13.2. The van der Waals surface area contributed by atoms with Crippen LogP contribution in [-0.2, 0) is 4.79 Å². The maximum Gasteiger partial charge on any atom is 0.257 e. The molecule has 6 heteroatoms. The van der Waals surface area contributed by atoms with Crippen LogP contribution in [0.25, 0.3) is 0 Å². The Labute approximate surface area is 155 Å². The molecule has 2 aliphatic heterocycles. The third-order valence-corrected chi connectivity index (χ3v) is 5.46. The average molecular weight is 359 g/mol. The number of fused-ring (bicyclic) bond motifs is 1. The minimum absolute atomic E-state index is 0.0169. The molecule has 0 bridgehead atoms. The predicted molar refractivity (Wildman–Crippen MR) is 101 cm³/mol. The average Bonchev–Trinajstić information content (AvgIpc) is 2.61. The lowest BCUT2D eigenvalue weighted by atomic mass is 9.91. The first kappa shape index (κ1) is 18.7. The van der Waals surface area contributed by atoms with E-state index in [0.717, 1.165) is 17.7 Å². The third kappa shape index (κ3) is 3.43. The molecule has 6 nitrogen and oxygen atoms in total. The lowest BCUT2D eigenvalue weighted by Gasteiger charge is -2.43. The fraction of sp³-hybridized carbons (Fsp3) is 0.600. The fourth-order valence-electron chi connectivity index (χ4n) is 3.75. The number of rotatable bonds is 3. The topological polar surface area (TPSA) is 72.9 Å². The molecular weight excluding hydrogens is 330 g/mol. The Morgan fingerprint density at radius 1 is 1.15 bits per heavy atom. The van der Waals surface area contributed by atoms with Crippen molar-refractivity contribution in [1.29, 1.82) is 0 Å². The Bertz CT molecular complexity index is 714. The predicted octanol–water partition coefficient (Wildman–Crippen LogP) is 1.90. The first-order valence-corrected chi connectivity index (χ1v) is 9.47. The van der Waals surface area contributed by atoms with Crippen LogP contribution < -0.4 is 5.32 Å². The minimum atomic E-state index is -0.290. The zero-order valence-corrected chi connectivity index (χ0v) is 16.1. The Morgan fingerprint density at radius 2 is 1.88 bits per heavy atom. The number of carbonyl (C=O) groups is 2. The second-order valence-corrected chi connectivity index (χ2v) is 7.91. The molecule has 1 aromatic rings. The number of nitrogens with zero attached hydrogens (tertiary/aromatic N) is 2. The molecule has 1 atom stereocenters. The van der Waals surface area contributed by atoms with Crippen LogP contribution in [0.5, 0.6) is 5.75 Å². The van der Waals surface area contributed by atoms with Gasteiger partial charge in [-0.2, -0.15) is 0 Å². The lowest BCUT2D eigenvalue weighted by molar-refractivity contribution is -0.131. The van der Waals surface area contributed by atoms with E-state index in [0.29, 0.717) is 31.7 Å². The zero-order chi connectivity index (χ0) is 19.0. The number of benzene rings is 1. The normalized spacial score (nSPS) is 21.1. The summed E-state index contributed by atoms with van der Waals surface area (Å²) in [4.78, 5) is 29.1. The van der Waals surface area contributed by atoms with Gasteiger partial charge in [0.1, 0.15) is 11.8 Å². The molecule has 142 valence electrons. The van der Waals surface area contributed by atoms with Crippen LogP contribution >= 0.6 is 0 Å². The van der Waals surface area contributed by atoms with Crippen LogP contribution in [0.3, 0.4) is 0 Å². The van der Waals surface area contributed by atoms with E-state index >= 15 is 0 Å². The quantitative estimate of drug-likeness (QED) is 0.865. The van der Waals surface area contributed by atoms with Gasteiger partial charge in [-0.3, -0.25) is 14.5 Å². The van der Waals surface area contributed by atoms with Crippen molar-refractivity contribution in [3.8, 4) is 5.75 Å². The maximum atomic E-state index is 13.2. The molecule has 0 aromatic heterocycles. The summed E-state index contributed by atoms with van der Waals surface area (Å²) in [5.74, 6) is 0.258. The summed E-state index contributed by atoms with van der Waals surface area (Å²) in [7, 11) is 0. The molecule has 0 unspecified atom stereocenters.